The van der Waals surface area contributed by atoms with Crippen LogP contribution < -0.4 is 20.3 Å². The second-order valence-corrected chi connectivity index (χ2v) is 11.6. The Balaban J connectivity index is 0.00000242. The van der Waals surface area contributed by atoms with E-state index in [0.717, 1.165) is 55.8 Å². The summed E-state index contributed by atoms with van der Waals surface area (Å²) in [5, 5.41) is 4.09. The van der Waals surface area contributed by atoms with Crippen LogP contribution in [0.5, 0.6) is 5.75 Å². The summed E-state index contributed by atoms with van der Waals surface area (Å²) in [7, 11) is 0. The Labute approximate surface area is 259 Å². The van der Waals surface area contributed by atoms with E-state index in [0.29, 0.717) is 49.5 Å². The summed E-state index contributed by atoms with van der Waals surface area (Å²) in [6.07, 6.45) is 5.55. The standard InChI is InChI=1S/C30H40F2N6O2.2ClH/c1-19(2)29-35-30(40-36-29)37-12-8-21(9-13-37)20(3)11-15-39-23-5-7-28(34-17-23)38-14-10-24(27(33)18-38)25-16-22(31)4-6-26(25)32;;/h4-7,16-17,19-21,24,27H,8-15,18,33H2,1-3H3;2*1H/t20-,24-,27+;;/m1../s1. The molecular formula is C30H42Cl2F2N6O2. The molecule has 2 aliphatic heterocycles. The fraction of sp³-hybridized carbons (Fsp3) is 0.567. The van der Waals surface area contributed by atoms with Crippen molar-refractivity contribution >= 4 is 36.6 Å². The second-order valence-electron chi connectivity index (χ2n) is 11.6. The summed E-state index contributed by atoms with van der Waals surface area (Å²) >= 11 is 0. The van der Waals surface area contributed by atoms with Gasteiger partial charge in [0, 0.05) is 44.1 Å². The summed E-state index contributed by atoms with van der Waals surface area (Å²) in [6.45, 7) is 10.1. The largest absolute Gasteiger partial charge is 0.492 e. The van der Waals surface area contributed by atoms with Gasteiger partial charge >= 0.3 is 6.01 Å². The Morgan fingerprint density at radius 1 is 1.02 bits per heavy atom. The third-order valence-corrected chi connectivity index (χ3v) is 8.46. The Kier molecular flexibility index (Phi) is 12.2. The molecule has 0 unspecified atom stereocenters. The lowest BCUT2D eigenvalue weighted by atomic mass is 9.84. The highest BCUT2D eigenvalue weighted by Crippen LogP contribution is 2.32. The van der Waals surface area contributed by atoms with Crippen molar-refractivity contribution in [3.8, 4) is 5.75 Å². The molecule has 42 heavy (non-hydrogen) atoms. The van der Waals surface area contributed by atoms with Crippen molar-refractivity contribution in [3.05, 3.63) is 59.6 Å². The molecule has 2 aliphatic rings. The molecule has 8 nitrogen and oxygen atoms in total. The molecule has 232 valence electrons. The van der Waals surface area contributed by atoms with Gasteiger partial charge in [0.1, 0.15) is 23.2 Å². The maximum absolute atomic E-state index is 14.3. The Bertz CT molecular complexity index is 1260. The number of halogens is 4. The molecule has 2 aromatic heterocycles. The maximum atomic E-state index is 14.3. The van der Waals surface area contributed by atoms with Crippen LogP contribution in [-0.2, 0) is 0 Å². The maximum Gasteiger partial charge on any atom is 0.324 e. The zero-order valence-electron chi connectivity index (χ0n) is 24.4. The van der Waals surface area contributed by atoms with Gasteiger partial charge in [-0.2, -0.15) is 4.98 Å². The molecule has 0 aliphatic carbocycles. The molecule has 12 heteroatoms. The van der Waals surface area contributed by atoms with Crippen LogP contribution in [0.1, 0.15) is 69.7 Å². The van der Waals surface area contributed by atoms with Crippen molar-refractivity contribution < 1.29 is 18.0 Å². The average Bonchev–Trinajstić information content (AvgIpc) is 3.46. The highest BCUT2D eigenvalue weighted by molar-refractivity contribution is 5.85. The van der Waals surface area contributed by atoms with Crippen LogP contribution in [0.15, 0.2) is 41.1 Å². The molecule has 3 aromatic rings. The van der Waals surface area contributed by atoms with Gasteiger partial charge in [0.2, 0.25) is 0 Å². The molecule has 0 spiro atoms. The minimum Gasteiger partial charge on any atom is -0.492 e. The topological polar surface area (TPSA) is 93.5 Å². The normalized spacial score (nSPS) is 20.2. The molecule has 1 aromatic carbocycles. The van der Waals surface area contributed by atoms with Gasteiger partial charge in [-0.25, -0.2) is 13.8 Å². The van der Waals surface area contributed by atoms with Crippen LogP contribution in [0.3, 0.4) is 0 Å². The van der Waals surface area contributed by atoms with Crippen molar-refractivity contribution in [2.45, 2.75) is 64.3 Å². The van der Waals surface area contributed by atoms with E-state index in [2.05, 4.69) is 45.7 Å². The van der Waals surface area contributed by atoms with Crippen LogP contribution in [0.25, 0.3) is 0 Å². The van der Waals surface area contributed by atoms with Gasteiger partial charge in [0.25, 0.3) is 0 Å². The molecule has 0 amide bonds. The van der Waals surface area contributed by atoms with Gasteiger partial charge in [0.05, 0.1) is 12.8 Å². The lowest BCUT2D eigenvalue weighted by Crippen LogP contribution is -2.48. The number of nitrogens with two attached hydrogens (primary N) is 1. The number of pyridine rings is 1. The fourth-order valence-corrected chi connectivity index (χ4v) is 5.87. The second kappa shape index (κ2) is 15.2. The van der Waals surface area contributed by atoms with Crippen molar-refractivity contribution in [2.24, 2.45) is 17.6 Å². The SMILES string of the molecule is CC(C)c1noc(N2CCC([C@H](C)CCOc3ccc(N4CC[C@H](c5cc(F)ccc5F)[C@@H](N)C4)nc3)CC2)n1.Cl.Cl. The monoisotopic (exact) mass is 626 g/mol. The van der Waals surface area contributed by atoms with Gasteiger partial charge in [-0.15, -0.1) is 24.8 Å². The number of benzene rings is 1. The molecule has 2 saturated heterocycles. The van der Waals surface area contributed by atoms with Crippen molar-refractivity contribution in [1.29, 1.82) is 0 Å². The minimum absolute atomic E-state index is 0. The number of rotatable bonds is 9. The first-order valence-corrected chi connectivity index (χ1v) is 14.4. The Morgan fingerprint density at radius 3 is 2.40 bits per heavy atom. The highest BCUT2D eigenvalue weighted by atomic mass is 35.5. The van der Waals surface area contributed by atoms with Gasteiger partial charge in [0.15, 0.2) is 5.82 Å². The number of hydrogen-bond acceptors (Lipinski definition) is 8. The summed E-state index contributed by atoms with van der Waals surface area (Å²) in [4.78, 5) is 13.4. The van der Waals surface area contributed by atoms with Crippen molar-refractivity contribution in [3.63, 3.8) is 0 Å². The summed E-state index contributed by atoms with van der Waals surface area (Å²) < 4.78 is 39.4. The van der Waals surface area contributed by atoms with E-state index in [1.165, 1.54) is 12.1 Å². The van der Waals surface area contributed by atoms with E-state index >= 15 is 0 Å². The molecule has 0 radical (unpaired) electrons. The van der Waals surface area contributed by atoms with Crippen molar-refractivity contribution in [1.82, 2.24) is 15.1 Å². The molecule has 3 atom stereocenters. The predicted octanol–water partition coefficient (Wildman–Crippen LogP) is 6.35. The van der Waals surface area contributed by atoms with E-state index in [9.17, 15) is 8.78 Å². The quantitative estimate of drug-likeness (QED) is 0.293. The first-order valence-electron chi connectivity index (χ1n) is 14.4. The lowest BCUT2D eigenvalue weighted by Gasteiger charge is -2.37. The Hall–Kier alpha value is -2.69. The Morgan fingerprint density at radius 2 is 1.76 bits per heavy atom. The summed E-state index contributed by atoms with van der Waals surface area (Å²) in [5.41, 5.74) is 6.75. The van der Waals surface area contributed by atoms with Crippen molar-refractivity contribution in [2.75, 3.05) is 42.6 Å². The number of nitrogens with zero attached hydrogens (tertiary/aromatic N) is 5. The molecule has 0 bridgehead atoms. The average molecular weight is 628 g/mol. The van der Waals surface area contributed by atoms with E-state index in [-0.39, 0.29) is 42.7 Å². The number of ether oxygens (including phenoxy) is 1. The first kappa shape index (κ1) is 33.8. The highest BCUT2D eigenvalue weighted by Gasteiger charge is 2.31. The van der Waals surface area contributed by atoms with Gasteiger partial charge in [-0.05, 0) is 73.4 Å². The molecule has 2 N–H and O–H groups in total. The third kappa shape index (κ3) is 8.02. The van der Waals surface area contributed by atoms with Crippen LogP contribution in [0.4, 0.5) is 20.6 Å². The number of anilines is 2. The summed E-state index contributed by atoms with van der Waals surface area (Å²) in [6, 6.07) is 7.77. The predicted molar refractivity (Wildman–Crippen MR) is 165 cm³/mol. The van der Waals surface area contributed by atoms with Gasteiger partial charge in [-0.3, -0.25) is 0 Å². The summed E-state index contributed by atoms with van der Waals surface area (Å²) in [5.74, 6) is 2.69. The van der Waals surface area contributed by atoms with Crippen LogP contribution in [-0.4, -0.2) is 54.0 Å². The molecular weight excluding hydrogens is 585 g/mol. The van der Waals surface area contributed by atoms with E-state index in [4.69, 9.17) is 15.0 Å². The minimum atomic E-state index is -0.441. The molecule has 2 fully saturated rings. The fourth-order valence-electron chi connectivity index (χ4n) is 5.87. The van der Waals surface area contributed by atoms with Gasteiger partial charge in [-0.1, -0.05) is 25.9 Å². The zero-order chi connectivity index (χ0) is 28.2. The number of piperidine rings is 2. The van der Waals surface area contributed by atoms with Crippen LogP contribution in [0.2, 0.25) is 0 Å². The smallest absolute Gasteiger partial charge is 0.324 e. The van der Waals surface area contributed by atoms with E-state index < -0.39 is 11.6 Å². The number of aromatic nitrogens is 3. The first-order chi connectivity index (χ1) is 19.3. The van der Waals surface area contributed by atoms with E-state index in [1.807, 2.05) is 12.1 Å². The molecule has 0 saturated carbocycles. The number of hydrogen-bond donors (Lipinski definition) is 1. The van der Waals surface area contributed by atoms with Crippen LogP contribution >= 0.6 is 24.8 Å². The molecule has 4 heterocycles. The van der Waals surface area contributed by atoms with E-state index in [1.54, 1.807) is 6.20 Å². The molecule has 5 rings (SSSR count). The van der Waals surface area contributed by atoms with Crippen LogP contribution in [0, 0.1) is 23.5 Å². The van der Waals surface area contributed by atoms with Gasteiger partial charge < -0.3 is 24.8 Å². The lowest BCUT2D eigenvalue weighted by molar-refractivity contribution is 0.220. The zero-order valence-corrected chi connectivity index (χ0v) is 26.1. The third-order valence-electron chi connectivity index (χ3n) is 8.46.